The maximum atomic E-state index is 14.1. The molecule has 10 heteroatoms. The quantitative estimate of drug-likeness (QED) is 0.310. The third-order valence-electron chi connectivity index (χ3n) is 7.34. The Labute approximate surface area is 261 Å². The lowest BCUT2D eigenvalue weighted by Crippen LogP contribution is -2.54. The Hall–Kier alpha value is -4.05. The molecule has 0 radical (unpaired) electrons. The van der Waals surface area contributed by atoms with Gasteiger partial charge in [-0.3, -0.25) is 13.9 Å². The highest BCUT2D eigenvalue weighted by Crippen LogP contribution is 2.35. The highest BCUT2D eigenvalue weighted by Gasteiger charge is 2.32. The van der Waals surface area contributed by atoms with Gasteiger partial charge in [0.2, 0.25) is 21.8 Å². The van der Waals surface area contributed by atoms with Crippen molar-refractivity contribution < 1.29 is 27.5 Å². The van der Waals surface area contributed by atoms with E-state index in [9.17, 15) is 18.0 Å². The average molecular weight is 622 g/mol. The van der Waals surface area contributed by atoms with E-state index in [0.29, 0.717) is 36.8 Å². The number of anilines is 1. The van der Waals surface area contributed by atoms with Crippen LogP contribution in [-0.4, -0.2) is 62.7 Å². The smallest absolute Gasteiger partial charge is 0.243 e. The molecule has 1 aliphatic heterocycles. The van der Waals surface area contributed by atoms with Gasteiger partial charge in [-0.15, -0.1) is 0 Å². The van der Waals surface area contributed by atoms with E-state index >= 15 is 0 Å². The number of carbonyl (C=O) groups is 2. The summed E-state index contributed by atoms with van der Waals surface area (Å²) in [5.41, 5.74) is 2.83. The van der Waals surface area contributed by atoms with Gasteiger partial charge < -0.3 is 19.7 Å². The normalized spacial score (nSPS) is 13.6. The van der Waals surface area contributed by atoms with Crippen molar-refractivity contribution in [1.82, 2.24) is 10.2 Å². The second-order valence-electron chi connectivity index (χ2n) is 12.2. The second kappa shape index (κ2) is 14.2. The van der Waals surface area contributed by atoms with Crippen LogP contribution in [0.3, 0.4) is 0 Å². The Bertz CT molecular complexity index is 1550. The fourth-order valence-corrected chi connectivity index (χ4v) is 6.13. The van der Waals surface area contributed by atoms with Crippen LogP contribution in [0.5, 0.6) is 11.5 Å². The molecule has 1 aliphatic rings. The first-order chi connectivity index (χ1) is 20.8. The summed E-state index contributed by atoms with van der Waals surface area (Å²) >= 11 is 0. The zero-order valence-electron chi connectivity index (χ0n) is 26.2. The fraction of sp³-hybridized carbons (Fsp3) is 0.412. The molecular weight excluding hydrogens is 578 g/mol. The predicted octanol–water partition coefficient (Wildman–Crippen LogP) is 4.87. The molecular formula is C34H43N3O6S. The molecule has 3 aromatic rings. The minimum Gasteiger partial charge on any atom is -0.486 e. The number of aryl methyl sites for hydroxylation is 1. The topological polar surface area (TPSA) is 105 Å². The van der Waals surface area contributed by atoms with Gasteiger partial charge in [-0.2, -0.15) is 0 Å². The van der Waals surface area contributed by atoms with Crippen molar-refractivity contribution in [3.05, 3.63) is 89.5 Å². The minimum atomic E-state index is -3.66. The number of sulfonamides is 1. The summed E-state index contributed by atoms with van der Waals surface area (Å²) in [6, 6.07) is 21.7. The number of carbonyl (C=O) groups excluding carboxylic acids is 2. The molecule has 0 saturated heterocycles. The Morgan fingerprint density at radius 1 is 0.932 bits per heavy atom. The van der Waals surface area contributed by atoms with Crippen molar-refractivity contribution >= 4 is 27.5 Å². The fourth-order valence-electron chi connectivity index (χ4n) is 5.17. The molecule has 9 nitrogen and oxygen atoms in total. The van der Waals surface area contributed by atoms with Crippen molar-refractivity contribution in [2.75, 3.05) is 30.3 Å². The molecule has 44 heavy (non-hydrogen) atoms. The molecule has 0 fully saturated rings. The average Bonchev–Trinajstić information content (AvgIpc) is 2.96. The SMILES string of the molecule is Cc1ccccc1CN(C(=O)CCCN(c1ccc2c(c1)OCCO2)S(C)(=O)=O)[C@H](Cc1ccccc1)C(=O)NC(C)(C)C. The summed E-state index contributed by atoms with van der Waals surface area (Å²) in [5.74, 6) is 0.580. The van der Waals surface area contributed by atoms with Crippen molar-refractivity contribution in [2.45, 2.75) is 65.1 Å². The van der Waals surface area contributed by atoms with Gasteiger partial charge in [0.15, 0.2) is 11.5 Å². The van der Waals surface area contributed by atoms with Crippen LogP contribution >= 0.6 is 0 Å². The van der Waals surface area contributed by atoms with E-state index in [0.717, 1.165) is 22.9 Å². The van der Waals surface area contributed by atoms with Gasteiger partial charge in [0, 0.05) is 37.5 Å². The molecule has 0 aromatic heterocycles. The van der Waals surface area contributed by atoms with E-state index in [4.69, 9.17) is 9.47 Å². The zero-order valence-corrected chi connectivity index (χ0v) is 27.0. The highest BCUT2D eigenvalue weighted by molar-refractivity contribution is 7.92. The van der Waals surface area contributed by atoms with E-state index in [-0.39, 0.29) is 37.7 Å². The largest absolute Gasteiger partial charge is 0.486 e. The van der Waals surface area contributed by atoms with Gasteiger partial charge in [0.25, 0.3) is 0 Å². The molecule has 2 amide bonds. The molecule has 0 spiro atoms. The van der Waals surface area contributed by atoms with Gasteiger partial charge in [-0.1, -0.05) is 54.6 Å². The number of hydrogen-bond acceptors (Lipinski definition) is 6. The van der Waals surface area contributed by atoms with Crippen LogP contribution in [-0.2, 0) is 32.6 Å². The maximum absolute atomic E-state index is 14.1. The number of nitrogens with one attached hydrogen (secondary N) is 1. The summed E-state index contributed by atoms with van der Waals surface area (Å²) in [5, 5.41) is 3.07. The summed E-state index contributed by atoms with van der Waals surface area (Å²) < 4.78 is 38.2. The van der Waals surface area contributed by atoms with Crippen LogP contribution in [0, 0.1) is 6.92 Å². The molecule has 0 saturated carbocycles. The molecule has 3 aromatic carbocycles. The van der Waals surface area contributed by atoms with Gasteiger partial charge in [0.05, 0.1) is 11.9 Å². The summed E-state index contributed by atoms with van der Waals surface area (Å²) in [7, 11) is -3.66. The van der Waals surface area contributed by atoms with E-state index in [1.54, 1.807) is 23.1 Å². The van der Waals surface area contributed by atoms with Crippen LogP contribution in [0.1, 0.15) is 50.3 Å². The van der Waals surface area contributed by atoms with Gasteiger partial charge in [0.1, 0.15) is 19.3 Å². The Morgan fingerprint density at radius 2 is 1.59 bits per heavy atom. The maximum Gasteiger partial charge on any atom is 0.243 e. The van der Waals surface area contributed by atoms with Gasteiger partial charge >= 0.3 is 0 Å². The van der Waals surface area contributed by atoms with E-state index in [2.05, 4.69) is 5.32 Å². The first-order valence-electron chi connectivity index (χ1n) is 14.9. The van der Waals surface area contributed by atoms with Crippen LogP contribution in [0.2, 0.25) is 0 Å². The van der Waals surface area contributed by atoms with Crippen LogP contribution < -0.4 is 19.1 Å². The lowest BCUT2D eigenvalue weighted by Gasteiger charge is -2.34. The highest BCUT2D eigenvalue weighted by atomic mass is 32.2. The second-order valence-corrected chi connectivity index (χ2v) is 14.1. The molecule has 0 bridgehead atoms. The van der Waals surface area contributed by atoms with Crippen molar-refractivity contribution in [1.29, 1.82) is 0 Å². The molecule has 1 N–H and O–H groups in total. The number of benzene rings is 3. The van der Waals surface area contributed by atoms with Gasteiger partial charge in [-0.25, -0.2) is 8.42 Å². The van der Waals surface area contributed by atoms with Crippen LogP contribution in [0.15, 0.2) is 72.8 Å². The predicted molar refractivity (Wildman–Crippen MR) is 172 cm³/mol. The molecule has 0 aliphatic carbocycles. The summed E-state index contributed by atoms with van der Waals surface area (Å²) in [4.78, 5) is 29.5. The molecule has 0 unspecified atom stereocenters. The number of ether oxygens (including phenoxy) is 2. The third kappa shape index (κ3) is 8.98. The Balaban J connectivity index is 1.60. The first kappa shape index (κ1) is 32.9. The minimum absolute atomic E-state index is 0.0521. The molecule has 1 atom stereocenters. The number of amides is 2. The Kier molecular flexibility index (Phi) is 10.6. The molecule has 4 rings (SSSR count). The van der Waals surface area contributed by atoms with Crippen molar-refractivity contribution in [3.63, 3.8) is 0 Å². The lowest BCUT2D eigenvalue weighted by atomic mass is 9.99. The number of fused-ring (bicyclic) bond motifs is 1. The summed E-state index contributed by atoms with van der Waals surface area (Å²) in [6.07, 6.45) is 1.79. The van der Waals surface area contributed by atoms with E-state index < -0.39 is 21.6 Å². The lowest BCUT2D eigenvalue weighted by molar-refractivity contribution is -0.142. The third-order valence-corrected chi connectivity index (χ3v) is 8.53. The van der Waals surface area contributed by atoms with Crippen molar-refractivity contribution in [2.24, 2.45) is 0 Å². The molecule has 236 valence electrons. The number of nitrogens with zero attached hydrogens (tertiary/aromatic N) is 2. The Morgan fingerprint density at radius 3 is 2.25 bits per heavy atom. The summed E-state index contributed by atoms with van der Waals surface area (Å²) in [6.45, 7) is 8.87. The van der Waals surface area contributed by atoms with Crippen molar-refractivity contribution in [3.8, 4) is 11.5 Å². The first-order valence-corrected chi connectivity index (χ1v) is 16.7. The standard InChI is InChI=1S/C34H43N3O6S/c1-25-12-9-10-15-27(25)24-36(29(33(39)35-34(2,3)4)22-26-13-7-6-8-14-26)32(38)16-11-19-37(44(5,40)41)28-17-18-30-31(23-28)43-21-20-42-30/h6-10,12-15,17-18,23,29H,11,16,19-22,24H2,1-5H3,(H,35,39)/t29-/m1/s1. The monoisotopic (exact) mass is 621 g/mol. The number of hydrogen-bond donors (Lipinski definition) is 1. The zero-order chi connectivity index (χ0) is 31.9. The van der Waals surface area contributed by atoms with E-state index in [1.807, 2.05) is 82.3 Å². The van der Waals surface area contributed by atoms with E-state index in [1.165, 1.54) is 4.31 Å². The van der Waals surface area contributed by atoms with Crippen LogP contribution in [0.4, 0.5) is 5.69 Å². The number of rotatable bonds is 12. The van der Waals surface area contributed by atoms with Crippen LogP contribution in [0.25, 0.3) is 0 Å². The molecule has 1 heterocycles. The van der Waals surface area contributed by atoms with Gasteiger partial charge in [-0.05, 0) is 62.9 Å².